The van der Waals surface area contributed by atoms with Crippen LogP contribution in [0, 0.1) is 10.8 Å². The summed E-state index contributed by atoms with van der Waals surface area (Å²) in [4.78, 5) is 54.9. The zero-order chi connectivity index (χ0) is 52.3. The van der Waals surface area contributed by atoms with Gasteiger partial charge in [-0.1, -0.05) is 23.3 Å². The van der Waals surface area contributed by atoms with E-state index in [4.69, 9.17) is 52.4 Å². The molecule has 0 bridgehead atoms. The summed E-state index contributed by atoms with van der Waals surface area (Å²) in [5.74, 6) is -1.85. The lowest BCUT2D eigenvalue weighted by molar-refractivity contribution is -0.130. The van der Waals surface area contributed by atoms with E-state index >= 15 is 0 Å². The highest BCUT2D eigenvalue weighted by Gasteiger charge is 2.26. The van der Waals surface area contributed by atoms with Crippen LogP contribution in [-0.2, 0) is 27.2 Å². The number of fused-ring (bicyclic) bond motifs is 2. The third-order valence-corrected chi connectivity index (χ3v) is 10.8. The molecule has 23 heteroatoms. The van der Waals surface area contributed by atoms with E-state index in [9.17, 15) is 24.3 Å². The molecule has 0 spiro atoms. The summed E-state index contributed by atoms with van der Waals surface area (Å²) in [6.45, 7) is 12.1. The molecule has 2 aromatic carbocycles. The van der Waals surface area contributed by atoms with Crippen molar-refractivity contribution in [2.75, 3.05) is 92.3 Å². The van der Waals surface area contributed by atoms with E-state index in [2.05, 4.69) is 42.5 Å². The summed E-state index contributed by atoms with van der Waals surface area (Å²) < 4.78 is 24.5. The molecule has 3 rings (SSSR count). The second kappa shape index (κ2) is 31.5. The van der Waals surface area contributed by atoms with Gasteiger partial charge in [0.15, 0.2) is 36.6 Å². The maximum absolute atomic E-state index is 14.7. The first kappa shape index (κ1) is 58.7. The number of guanidine groups is 2. The number of methoxy groups -OCH3 is 1. The largest absolute Gasteiger partial charge is 0.507 e. The molecule has 0 fully saturated rings. The van der Waals surface area contributed by atoms with Crippen molar-refractivity contribution in [3.05, 3.63) is 56.8 Å². The number of phenols is 1. The van der Waals surface area contributed by atoms with Crippen molar-refractivity contribution in [1.29, 1.82) is 10.8 Å². The van der Waals surface area contributed by atoms with Gasteiger partial charge in [-0.3, -0.25) is 30.0 Å². The Bertz CT molecular complexity index is 2360. The highest BCUT2D eigenvalue weighted by molar-refractivity contribution is 5.98. The molecule has 1 aromatic heterocycles. The van der Waals surface area contributed by atoms with Crippen molar-refractivity contribution in [3.63, 3.8) is 0 Å². The van der Waals surface area contributed by atoms with Gasteiger partial charge < -0.3 is 89.2 Å². The van der Waals surface area contributed by atoms with Crippen LogP contribution in [0.5, 0.6) is 23.0 Å². The van der Waals surface area contributed by atoms with Gasteiger partial charge in [0, 0.05) is 101 Å². The molecule has 0 aliphatic carbocycles. The summed E-state index contributed by atoms with van der Waals surface area (Å²) in [5.41, 5.74) is 23.9. The second-order valence-corrected chi connectivity index (χ2v) is 17.2. The zero-order valence-corrected chi connectivity index (χ0v) is 41.9. The number of aromatic hydroxyl groups is 1. The van der Waals surface area contributed by atoms with Crippen molar-refractivity contribution >= 4 is 51.6 Å². The molecule has 2 atom stereocenters. The molecule has 0 aliphatic heterocycles. The Hall–Kier alpha value is -6.66. The Kier molecular flexibility index (Phi) is 26.1. The summed E-state index contributed by atoms with van der Waals surface area (Å²) in [6, 6.07) is 1.66. The summed E-state index contributed by atoms with van der Waals surface area (Å²) >= 11 is 0. The van der Waals surface area contributed by atoms with E-state index in [0.29, 0.717) is 96.8 Å². The summed E-state index contributed by atoms with van der Waals surface area (Å²) in [5, 5.41) is 50.5. The van der Waals surface area contributed by atoms with Crippen LogP contribution in [0.4, 0.5) is 0 Å². The van der Waals surface area contributed by atoms with Gasteiger partial charge >= 0.3 is 0 Å². The van der Waals surface area contributed by atoms with Crippen LogP contribution in [0.15, 0.2) is 44.6 Å². The third kappa shape index (κ3) is 20.3. The lowest BCUT2D eigenvalue weighted by atomic mass is 9.98. The Morgan fingerprint density at radius 2 is 1.24 bits per heavy atom. The first-order valence-electron chi connectivity index (χ1n) is 23.9. The Morgan fingerprint density at radius 1 is 0.704 bits per heavy atom. The maximum Gasteiger partial charge on any atom is 0.258 e. The smallest absolute Gasteiger partial charge is 0.258 e. The van der Waals surface area contributed by atoms with Crippen LogP contribution < -0.4 is 85.1 Å². The quantitative estimate of drug-likeness (QED) is 0.0120. The zero-order valence-electron chi connectivity index (χ0n) is 41.9. The Balaban J connectivity index is 2.03. The number of benzene rings is 2. The monoisotopic (exact) mass is 995 g/mol. The number of hydrogen-bond acceptors (Lipinski definition) is 16. The molecule has 2 unspecified atom stereocenters. The third-order valence-electron chi connectivity index (χ3n) is 10.8. The van der Waals surface area contributed by atoms with Crippen LogP contribution >= 0.6 is 0 Å². The molecule has 3 amide bonds. The fourth-order valence-electron chi connectivity index (χ4n) is 7.36. The van der Waals surface area contributed by atoms with Gasteiger partial charge in [-0.05, 0) is 66.2 Å². The Labute approximate surface area is 415 Å². The maximum atomic E-state index is 14.7. The molecular weight excluding hydrogens is 917 g/mol. The normalized spacial score (nSPS) is 11.8. The molecule has 71 heavy (non-hydrogen) atoms. The molecule has 3 aromatic rings. The number of nitrogens with two attached hydrogens (primary N) is 4. The van der Waals surface area contributed by atoms with E-state index in [1.165, 1.54) is 19.2 Å². The number of phenolic OH excluding ortho intramolecular Hbond substituents is 1. The fraction of sp³-hybridized carbons (Fsp3) is 0.542. The van der Waals surface area contributed by atoms with E-state index in [1.807, 2.05) is 39.8 Å². The molecule has 394 valence electrons. The van der Waals surface area contributed by atoms with Crippen molar-refractivity contribution in [3.8, 4) is 23.0 Å². The average Bonchev–Trinajstić information content (AvgIpc) is 3.31. The molecule has 0 saturated heterocycles. The number of allylic oxidation sites excluding steroid dienone is 4. The van der Waals surface area contributed by atoms with Gasteiger partial charge in [0.2, 0.25) is 11.3 Å². The highest BCUT2D eigenvalue weighted by atomic mass is 16.5. The van der Waals surface area contributed by atoms with Gasteiger partial charge in [-0.15, -0.1) is 0 Å². The molecule has 1 heterocycles. The molecule has 0 saturated carbocycles. The number of amides is 3. The van der Waals surface area contributed by atoms with Gasteiger partial charge in [-0.25, -0.2) is 0 Å². The van der Waals surface area contributed by atoms with E-state index < -0.39 is 48.2 Å². The van der Waals surface area contributed by atoms with Crippen molar-refractivity contribution in [2.45, 2.75) is 78.3 Å². The van der Waals surface area contributed by atoms with Crippen LogP contribution in [0.1, 0.15) is 64.5 Å². The van der Waals surface area contributed by atoms with E-state index in [1.54, 1.807) is 0 Å². The van der Waals surface area contributed by atoms with E-state index in [0.717, 1.165) is 11.1 Å². The van der Waals surface area contributed by atoms with Gasteiger partial charge in [-0.2, -0.15) is 0 Å². The van der Waals surface area contributed by atoms with Crippen molar-refractivity contribution in [2.24, 2.45) is 22.9 Å². The highest BCUT2D eigenvalue weighted by Crippen LogP contribution is 2.41. The summed E-state index contributed by atoms with van der Waals surface area (Å²) in [6.07, 6.45) is 5.91. The van der Waals surface area contributed by atoms with Gasteiger partial charge in [0.05, 0.1) is 12.5 Å². The number of hydrogen-bond donors (Lipinski definition) is 15. The van der Waals surface area contributed by atoms with Crippen molar-refractivity contribution in [1.82, 2.24) is 42.5 Å². The topological polar surface area (TPSA) is 377 Å². The minimum absolute atomic E-state index is 0.0512. The first-order valence-corrected chi connectivity index (χ1v) is 23.9. The number of carbonyl (C=O) groups is 3. The lowest BCUT2D eigenvalue weighted by Crippen LogP contribution is -2.49. The molecule has 0 aliphatic rings. The van der Waals surface area contributed by atoms with Gasteiger partial charge in [0.25, 0.3) is 11.8 Å². The Morgan fingerprint density at radius 3 is 1.83 bits per heavy atom. The molecule has 19 N–H and O–H groups in total. The lowest BCUT2D eigenvalue weighted by Gasteiger charge is -2.21. The molecule has 0 radical (unpaired) electrons. The van der Waals surface area contributed by atoms with E-state index in [-0.39, 0.29) is 82.0 Å². The number of rotatable bonds is 34. The van der Waals surface area contributed by atoms with Crippen LogP contribution in [-0.4, -0.2) is 139 Å². The minimum Gasteiger partial charge on any atom is -0.507 e. The minimum atomic E-state index is -0.951. The predicted octanol–water partition coefficient (Wildman–Crippen LogP) is -0.266. The standard InChI is InChI=1S/C48H78N14O9/c1-29(2)10-12-32-35(69-28-40(64)62-34(9-7-17-60-48(53)54)46(67)58-23-22-56-19-15-50)24-37-42(43(32)65)44(66)41-33(13-11-30(3)4)45(68-5)38(25-36(41)71-37)70-27-39(63)61-31(8-6-16-59-47(51)52)26-57-21-20-55-18-14-49/h10-11,24-25,31,34,55-57,65H,6-9,12-23,26-28,49-50H2,1-5H3,(H,58,67)(H,61,63)(H,62,64)(H4,51,52,59)(H4,53,54,60). The SMILES string of the molecule is COc1c(OCC(=O)NC(CCCNC(=N)N)CNCCNCCN)cc2oc3cc(OCC(=O)NC(CCCNC(=N)N)C(=O)NCCNCCN)c(CC=C(C)C)c(O)c3c(=O)c2c1CC=C(C)C. The number of nitrogens with one attached hydrogen (secondary N) is 10. The predicted molar refractivity (Wildman–Crippen MR) is 277 cm³/mol. The first-order chi connectivity index (χ1) is 34.0. The van der Waals surface area contributed by atoms with Gasteiger partial charge in [0.1, 0.15) is 34.1 Å². The second-order valence-electron chi connectivity index (χ2n) is 17.2. The van der Waals surface area contributed by atoms with Crippen molar-refractivity contribution < 1.29 is 38.1 Å². The number of carbonyl (C=O) groups excluding carboxylic acids is 3. The molecular formula is C48H78N14O9. The van der Waals surface area contributed by atoms with Crippen LogP contribution in [0.25, 0.3) is 21.9 Å². The molecule has 23 nitrogen and oxygen atoms in total. The number of ether oxygens (including phenoxy) is 3. The fourth-order valence-corrected chi connectivity index (χ4v) is 7.36. The summed E-state index contributed by atoms with van der Waals surface area (Å²) in [7, 11) is 1.43. The average molecular weight is 995 g/mol. The van der Waals surface area contributed by atoms with Crippen LogP contribution in [0.2, 0.25) is 0 Å². The van der Waals surface area contributed by atoms with Crippen LogP contribution in [0.3, 0.4) is 0 Å².